The molecule has 2 heterocycles. The molecule has 0 spiro atoms. The summed E-state index contributed by atoms with van der Waals surface area (Å²) in [6, 6.07) is 6.04. The lowest BCUT2D eigenvalue weighted by atomic mass is 9.96. The number of benzene rings is 1. The van der Waals surface area contributed by atoms with Crippen molar-refractivity contribution < 1.29 is 14.0 Å². The number of rotatable bonds is 8. The summed E-state index contributed by atoms with van der Waals surface area (Å²) < 4.78 is 16.9. The highest BCUT2D eigenvalue weighted by Gasteiger charge is 2.16. The molecule has 1 N–H and O–H groups in total. The Hall–Kier alpha value is -2.33. The normalized spacial score (nSPS) is 14.7. The van der Waals surface area contributed by atoms with Gasteiger partial charge >= 0.3 is 0 Å². The molecule has 0 unspecified atom stereocenters. The number of hydrogen-bond acceptors (Lipinski definition) is 10. The van der Waals surface area contributed by atoms with Crippen LogP contribution in [-0.2, 0) is 5.75 Å². The summed E-state index contributed by atoms with van der Waals surface area (Å²) in [5.41, 5.74) is 0.803. The third-order valence-corrected chi connectivity index (χ3v) is 6.74. The average Bonchev–Trinajstić information content (AvgIpc) is 3.42. The minimum atomic E-state index is 0.512. The van der Waals surface area contributed by atoms with E-state index in [0.29, 0.717) is 35.0 Å². The fourth-order valence-corrected chi connectivity index (χ4v) is 4.94. The molecule has 2 aromatic heterocycles. The molecule has 10 heteroatoms. The highest BCUT2D eigenvalue weighted by molar-refractivity contribution is 8.00. The number of aromatic nitrogens is 4. The Bertz CT molecular complexity index is 940. The van der Waals surface area contributed by atoms with Gasteiger partial charge in [0.2, 0.25) is 16.8 Å². The van der Waals surface area contributed by atoms with E-state index in [-0.39, 0.29) is 0 Å². The van der Waals surface area contributed by atoms with Crippen LogP contribution < -0.4 is 14.8 Å². The second kappa shape index (κ2) is 9.45. The number of hydrogen-bond donors (Lipinski definition) is 1. The number of anilines is 1. The zero-order chi connectivity index (χ0) is 20.1. The first-order valence-corrected chi connectivity index (χ1v) is 11.3. The first-order chi connectivity index (χ1) is 14.2. The molecule has 0 radical (unpaired) electrons. The van der Waals surface area contributed by atoms with Crippen molar-refractivity contribution in [2.45, 2.75) is 48.2 Å². The van der Waals surface area contributed by atoms with Crippen molar-refractivity contribution in [3.8, 4) is 22.9 Å². The van der Waals surface area contributed by atoms with E-state index >= 15 is 0 Å². The monoisotopic (exact) mass is 433 g/mol. The van der Waals surface area contributed by atoms with Crippen LogP contribution in [0.5, 0.6) is 11.5 Å². The average molecular weight is 434 g/mol. The van der Waals surface area contributed by atoms with E-state index in [9.17, 15) is 0 Å². The molecule has 4 rings (SSSR count). The second-order valence-electron chi connectivity index (χ2n) is 6.72. The zero-order valence-corrected chi connectivity index (χ0v) is 18.0. The largest absolute Gasteiger partial charge is 0.493 e. The molecule has 0 atom stereocenters. The molecule has 3 aromatic rings. The van der Waals surface area contributed by atoms with Crippen molar-refractivity contribution in [2.75, 3.05) is 19.5 Å². The number of nitrogens with one attached hydrogen (secondary N) is 1. The van der Waals surface area contributed by atoms with Crippen molar-refractivity contribution in [3.05, 3.63) is 24.1 Å². The minimum absolute atomic E-state index is 0.512. The Labute approximate surface area is 177 Å². The third-order valence-electron chi connectivity index (χ3n) is 4.77. The van der Waals surface area contributed by atoms with Crippen LogP contribution in [0.2, 0.25) is 0 Å². The Morgan fingerprint density at radius 1 is 1.14 bits per heavy atom. The van der Waals surface area contributed by atoms with Gasteiger partial charge in [0.05, 0.1) is 20.0 Å². The second-order valence-corrected chi connectivity index (χ2v) is 8.92. The zero-order valence-electron chi connectivity index (χ0n) is 16.4. The number of methoxy groups -OCH3 is 2. The predicted octanol–water partition coefficient (Wildman–Crippen LogP) is 4.64. The number of thioether (sulfide) groups is 1. The van der Waals surface area contributed by atoms with Crippen LogP contribution in [0.4, 0.5) is 5.13 Å². The lowest BCUT2D eigenvalue weighted by Crippen LogP contribution is -2.21. The van der Waals surface area contributed by atoms with Crippen molar-refractivity contribution in [1.29, 1.82) is 0 Å². The van der Waals surface area contributed by atoms with Crippen LogP contribution >= 0.6 is 23.1 Å². The SMILES string of the molecule is COc1ccc(-c2noc(CSc3nnc(NC4CCCCC4)s3)n2)cc1OC. The van der Waals surface area contributed by atoms with Crippen LogP contribution in [0.3, 0.4) is 0 Å². The Morgan fingerprint density at radius 3 is 2.76 bits per heavy atom. The van der Waals surface area contributed by atoms with Gasteiger partial charge < -0.3 is 19.3 Å². The van der Waals surface area contributed by atoms with E-state index in [0.717, 1.165) is 15.0 Å². The summed E-state index contributed by atoms with van der Waals surface area (Å²) in [4.78, 5) is 4.47. The molecule has 0 amide bonds. The molecular weight excluding hydrogens is 410 g/mol. The summed E-state index contributed by atoms with van der Waals surface area (Å²) in [5.74, 6) is 2.87. The maximum absolute atomic E-state index is 5.39. The summed E-state index contributed by atoms with van der Waals surface area (Å²) in [5, 5.41) is 17.0. The van der Waals surface area contributed by atoms with Crippen LogP contribution in [-0.4, -0.2) is 40.6 Å². The highest BCUT2D eigenvalue weighted by atomic mass is 32.2. The lowest BCUT2D eigenvalue weighted by Gasteiger charge is -2.21. The fourth-order valence-electron chi connectivity index (χ4n) is 3.28. The summed E-state index contributed by atoms with van der Waals surface area (Å²) in [6.45, 7) is 0. The van der Waals surface area contributed by atoms with Gasteiger partial charge in [-0.25, -0.2) is 0 Å². The highest BCUT2D eigenvalue weighted by Crippen LogP contribution is 2.33. The smallest absolute Gasteiger partial charge is 0.237 e. The van der Waals surface area contributed by atoms with E-state index in [1.54, 1.807) is 37.3 Å². The first-order valence-electron chi connectivity index (χ1n) is 9.53. The maximum Gasteiger partial charge on any atom is 0.237 e. The Morgan fingerprint density at radius 2 is 1.97 bits per heavy atom. The third kappa shape index (κ3) is 4.99. The standard InChI is InChI=1S/C19H23N5O3S2/c1-25-14-9-8-12(10-15(14)26-2)17-21-16(27-24-17)11-28-19-23-22-18(29-19)20-13-6-4-3-5-7-13/h8-10,13H,3-7,11H2,1-2H3,(H,20,22). The van der Waals surface area contributed by atoms with Gasteiger partial charge in [-0.2, -0.15) is 4.98 Å². The summed E-state index contributed by atoms with van der Waals surface area (Å²) in [6.07, 6.45) is 6.34. The van der Waals surface area contributed by atoms with Crippen molar-refractivity contribution in [2.24, 2.45) is 0 Å². The molecular formula is C19H23N5O3S2. The van der Waals surface area contributed by atoms with Crippen LogP contribution in [0.1, 0.15) is 38.0 Å². The van der Waals surface area contributed by atoms with E-state index in [1.165, 1.54) is 32.1 Å². The van der Waals surface area contributed by atoms with Gasteiger partial charge in [0.15, 0.2) is 15.8 Å². The van der Waals surface area contributed by atoms with Gasteiger partial charge in [-0.1, -0.05) is 47.5 Å². The maximum atomic E-state index is 5.39. The van der Waals surface area contributed by atoms with E-state index in [2.05, 4.69) is 25.7 Å². The number of nitrogens with zero attached hydrogens (tertiary/aromatic N) is 4. The van der Waals surface area contributed by atoms with Gasteiger partial charge in [-0.15, -0.1) is 10.2 Å². The molecule has 0 bridgehead atoms. The summed E-state index contributed by atoms with van der Waals surface area (Å²) in [7, 11) is 3.20. The molecule has 1 aliphatic carbocycles. The van der Waals surface area contributed by atoms with E-state index in [1.807, 2.05) is 18.2 Å². The van der Waals surface area contributed by atoms with Gasteiger partial charge in [0.25, 0.3) is 0 Å². The first kappa shape index (κ1) is 20.0. The quantitative estimate of drug-likeness (QED) is 0.510. The van der Waals surface area contributed by atoms with Gasteiger partial charge in [0, 0.05) is 11.6 Å². The molecule has 1 saturated carbocycles. The van der Waals surface area contributed by atoms with Gasteiger partial charge in [-0.3, -0.25) is 0 Å². The van der Waals surface area contributed by atoms with Crippen LogP contribution in [0, 0.1) is 0 Å². The van der Waals surface area contributed by atoms with Crippen molar-refractivity contribution in [3.63, 3.8) is 0 Å². The van der Waals surface area contributed by atoms with Crippen molar-refractivity contribution in [1.82, 2.24) is 20.3 Å². The molecule has 154 valence electrons. The van der Waals surface area contributed by atoms with Crippen LogP contribution in [0.25, 0.3) is 11.4 Å². The molecule has 8 nitrogen and oxygen atoms in total. The molecule has 0 aliphatic heterocycles. The molecule has 1 aliphatic rings. The minimum Gasteiger partial charge on any atom is -0.493 e. The Kier molecular flexibility index (Phi) is 6.50. The Balaban J connectivity index is 1.35. The fraction of sp³-hybridized carbons (Fsp3) is 0.474. The van der Waals surface area contributed by atoms with Gasteiger partial charge in [-0.05, 0) is 31.0 Å². The van der Waals surface area contributed by atoms with E-state index in [4.69, 9.17) is 14.0 Å². The molecule has 29 heavy (non-hydrogen) atoms. The van der Waals surface area contributed by atoms with Crippen LogP contribution in [0.15, 0.2) is 27.1 Å². The van der Waals surface area contributed by atoms with E-state index < -0.39 is 0 Å². The molecule has 1 aromatic carbocycles. The van der Waals surface area contributed by atoms with Gasteiger partial charge in [0.1, 0.15) is 0 Å². The van der Waals surface area contributed by atoms with Crippen molar-refractivity contribution >= 4 is 28.2 Å². The molecule has 0 saturated heterocycles. The lowest BCUT2D eigenvalue weighted by molar-refractivity contribution is 0.355. The summed E-state index contributed by atoms with van der Waals surface area (Å²) >= 11 is 3.11. The molecule has 1 fully saturated rings. The number of ether oxygens (including phenoxy) is 2. The topological polar surface area (TPSA) is 95.2 Å². The predicted molar refractivity (Wildman–Crippen MR) is 113 cm³/mol.